The Kier molecular flexibility index (Phi) is 4.58. The van der Waals surface area contributed by atoms with Crippen molar-refractivity contribution in [2.24, 2.45) is 0 Å². The fourth-order valence-electron chi connectivity index (χ4n) is 2.01. The van der Waals surface area contributed by atoms with E-state index < -0.39 is 5.97 Å². The topological polar surface area (TPSA) is 76.4 Å². The summed E-state index contributed by atoms with van der Waals surface area (Å²) in [7, 11) is 0. The van der Waals surface area contributed by atoms with Crippen LogP contribution in [0.3, 0.4) is 0 Å². The van der Waals surface area contributed by atoms with Crippen LogP contribution in [0.4, 0.5) is 6.01 Å². The van der Waals surface area contributed by atoms with Gasteiger partial charge in [-0.2, -0.15) is 4.98 Å². The summed E-state index contributed by atoms with van der Waals surface area (Å²) in [6.07, 6.45) is 4.81. The zero-order valence-corrected chi connectivity index (χ0v) is 10.6. The van der Waals surface area contributed by atoms with Crippen LogP contribution in [0.5, 0.6) is 0 Å². The number of oxazole rings is 1. The second-order valence-corrected chi connectivity index (χ2v) is 4.27. The van der Waals surface area contributed by atoms with Crippen molar-refractivity contribution >= 4 is 12.0 Å². The number of nitrogens with zero attached hydrogens (tertiary/aromatic N) is 1. The van der Waals surface area contributed by atoms with E-state index in [-0.39, 0.29) is 5.69 Å². The van der Waals surface area contributed by atoms with E-state index >= 15 is 0 Å². The van der Waals surface area contributed by atoms with Crippen LogP contribution >= 0.6 is 0 Å². The van der Waals surface area contributed by atoms with E-state index in [0.29, 0.717) is 18.7 Å². The quantitative estimate of drug-likeness (QED) is 0.746. The molecule has 2 N–H and O–H groups in total. The van der Waals surface area contributed by atoms with Gasteiger partial charge >= 0.3 is 5.97 Å². The van der Waals surface area contributed by atoms with Crippen LogP contribution in [0, 0.1) is 0 Å². The third kappa shape index (κ3) is 3.46. The summed E-state index contributed by atoms with van der Waals surface area (Å²) in [4.78, 5) is 15.4. The molecule has 2 heterocycles. The van der Waals surface area contributed by atoms with Gasteiger partial charge in [-0.1, -0.05) is 0 Å². The smallest absolute Gasteiger partial charge is 0.360 e. The normalized spacial score (nSPS) is 18.8. The van der Waals surface area contributed by atoms with Gasteiger partial charge < -0.3 is 19.8 Å². The lowest BCUT2D eigenvalue weighted by Gasteiger charge is -2.09. The maximum Gasteiger partial charge on any atom is 0.360 e. The number of aromatic nitrogens is 1. The van der Waals surface area contributed by atoms with Gasteiger partial charge in [0, 0.05) is 12.6 Å². The molecular weight excluding hydrogens is 234 g/mol. The van der Waals surface area contributed by atoms with Crippen LogP contribution < -0.4 is 10.6 Å². The predicted molar refractivity (Wildman–Crippen MR) is 66.6 cm³/mol. The van der Waals surface area contributed by atoms with Gasteiger partial charge in [0.05, 0.1) is 6.61 Å². The zero-order chi connectivity index (χ0) is 12.8. The Morgan fingerprint density at radius 2 is 2.61 bits per heavy atom. The van der Waals surface area contributed by atoms with Crippen LogP contribution in [-0.4, -0.2) is 36.7 Å². The van der Waals surface area contributed by atoms with Gasteiger partial charge in [0.1, 0.15) is 6.26 Å². The molecule has 0 unspecified atom stereocenters. The first-order valence-electron chi connectivity index (χ1n) is 6.39. The molecule has 0 radical (unpaired) electrons. The molecule has 1 aliphatic rings. The number of hydrogen-bond donors (Lipinski definition) is 2. The van der Waals surface area contributed by atoms with Crippen LogP contribution in [0.1, 0.15) is 36.7 Å². The summed E-state index contributed by atoms with van der Waals surface area (Å²) in [6.45, 7) is 3.98. The Bertz CT molecular complexity index is 386. The van der Waals surface area contributed by atoms with Gasteiger partial charge in [-0.3, -0.25) is 0 Å². The maximum absolute atomic E-state index is 11.4. The van der Waals surface area contributed by atoms with Gasteiger partial charge in [0.2, 0.25) is 0 Å². The Morgan fingerprint density at radius 1 is 1.72 bits per heavy atom. The minimum absolute atomic E-state index is 0.207. The minimum atomic E-state index is -0.452. The molecule has 1 fully saturated rings. The second kappa shape index (κ2) is 6.39. The van der Waals surface area contributed by atoms with Crippen molar-refractivity contribution in [1.29, 1.82) is 0 Å². The van der Waals surface area contributed by atoms with Crippen molar-refractivity contribution in [2.45, 2.75) is 32.2 Å². The van der Waals surface area contributed by atoms with E-state index in [1.54, 1.807) is 6.92 Å². The van der Waals surface area contributed by atoms with Gasteiger partial charge in [-0.25, -0.2) is 4.79 Å². The molecule has 0 saturated carbocycles. The van der Waals surface area contributed by atoms with Crippen LogP contribution in [0.15, 0.2) is 10.7 Å². The van der Waals surface area contributed by atoms with Crippen molar-refractivity contribution in [1.82, 2.24) is 10.3 Å². The molecule has 100 valence electrons. The first kappa shape index (κ1) is 12.9. The van der Waals surface area contributed by atoms with E-state index in [1.165, 1.54) is 19.1 Å². The fourth-order valence-corrected chi connectivity index (χ4v) is 2.01. The lowest BCUT2D eigenvalue weighted by atomic mass is 10.2. The first-order valence-corrected chi connectivity index (χ1v) is 6.39. The van der Waals surface area contributed by atoms with E-state index in [1.807, 2.05) is 0 Å². The molecule has 1 aromatic rings. The summed E-state index contributed by atoms with van der Waals surface area (Å²) in [5.74, 6) is -0.452. The fraction of sp³-hybridized carbons (Fsp3) is 0.667. The molecule has 1 aromatic heterocycles. The number of anilines is 1. The highest BCUT2D eigenvalue weighted by Crippen LogP contribution is 2.11. The Hall–Kier alpha value is -1.56. The number of esters is 1. The van der Waals surface area contributed by atoms with Gasteiger partial charge in [-0.05, 0) is 32.7 Å². The monoisotopic (exact) mass is 253 g/mol. The summed E-state index contributed by atoms with van der Waals surface area (Å²) in [6, 6.07) is 0.952. The number of carbonyl (C=O) groups is 1. The van der Waals surface area contributed by atoms with Crippen molar-refractivity contribution in [2.75, 3.05) is 25.0 Å². The summed E-state index contributed by atoms with van der Waals surface area (Å²) in [5, 5.41) is 6.48. The van der Waals surface area contributed by atoms with Crippen LogP contribution in [0.25, 0.3) is 0 Å². The average molecular weight is 253 g/mol. The largest absolute Gasteiger partial charge is 0.461 e. The highest BCUT2D eigenvalue weighted by atomic mass is 16.5. The predicted octanol–water partition coefficient (Wildman–Crippen LogP) is 1.41. The third-order valence-electron chi connectivity index (χ3n) is 2.92. The highest BCUT2D eigenvalue weighted by Gasteiger charge is 2.15. The molecule has 6 nitrogen and oxygen atoms in total. The Morgan fingerprint density at radius 3 is 3.33 bits per heavy atom. The molecule has 0 amide bonds. The lowest BCUT2D eigenvalue weighted by Crippen LogP contribution is -2.24. The molecule has 6 heteroatoms. The number of nitrogens with one attached hydrogen (secondary N) is 2. The number of ether oxygens (including phenoxy) is 1. The van der Waals surface area contributed by atoms with Gasteiger partial charge in [-0.15, -0.1) is 0 Å². The Labute approximate surface area is 106 Å². The van der Waals surface area contributed by atoms with E-state index in [9.17, 15) is 4.79 Å². The van der Waals surface area contributed by atoms with Crippen molar-refractivity contribution in [3.63, 3.8) is 0 Å². The molecule has 1 atom stereocenters. The molecule has 0 aliphatic carbocycles. The van der Waals surface area contributed by atoms with Crippen molar-refractivity contribution < 1.29 is 13.9 Å². The van der Waals surface area contributed by atoms with Crippen molar-refractivity contribution in [3.8, 4) is 0 Å². The standard InChI is InChI=1S/C12H19N3O3/c1-2-17-11(16)10-8-18-12(15-10)14-7-5-9-4-3-6-13-9/h8-9,13H,2-7H2,1H3,(H,14,15)/t9-/m0/s1. The van der Waals surface area contributed by atoms with E-state index in [0.717, 1.165) is 19.5 Å². The molecule has 18 heavy (non-hydrogen) atoms. The first-order chi connectivity index (χ1) is 8.79. The van der Waals surface area contributed by atoms with Crippen molar-refractivity contribution in [3.05, 3.63) is 12.0 Å². The van der Waals surface area contributed by atoms with Crippen LogP contribution in [0.2, 0.25) is 0 Å². The SMILES string of the molecule is CCOC(=O)c1coc(NCC[C@@H]2CCCN2)n1. The number of rotatable bonds is 6. The molecular formula is C12H19N3O3. The minimum Gasteiger partial charge on any atom is -0.461 e. The third-order valence-corrected chi connectivity index (χ3v) is 2.92. The molecule has 1 saturated heterocycles. The highest BCUT2D eigenvalue weighted by molar-refractivity contribution is 5.87. The van der Waals surface area contributed by atoms with Gasteiger partial charge in [0.25, 0.3) is 6.01 Å². The summed E-state index contributed by atoms with van der Waals surface area (Å²) >= 11 is 0. The second-order valence-electron chi connectivity index (χ2n) is 4.27. The summed E-state index contributed by atoms with van der Waals surface area (Å²) in [5.41, 5.74) is 0.207. The Balaban J connectivity index is 1.74. The maximum atomic E-state index is 11.4. The van der Waals surface area contributed by atoms with Gasteiger partial charge in [0.15, 0.2) is 5.69 Å². The zero-order valence-electron chi connectivity index (χ0n) is 10.6. The van der Waals surface area contributed by atoms with E-state index in [2.05, 4.69) is 15.6 Å². The summed E-state index contributed by atoms with van der Waals surface area (Å²) < 4.78 is 9.98. The molecule has 1 aliphatic heterocycles. The lowest BCUT2D eigenvalue weighted by molar-refractivity contribution is 0.0519. The molecule has 0 spiro atoms. The number of hydrogen-bond acceptors (Lipinski definition) is 6. The number of carbonyl (C=O) groups excluding carboxylic acids is 1. The molecule has 0 bridgehead atoms. The van der Waals surface area contributed by atoms with E-state index in [4.69, 9.17) is 9.15 Å². The molecule has 0 aromatic carbocycles. The average Bonchev–Trinajstić information content (AvgIpc) is 3.00. The van der Waals surface area contributed by atoms with Crippen LogP contribution in [-0.2, 0) is 4.74 Å². The molecule has 2 rings (SSSR count).